The van der Waals surface area contributed by atoms with Crippen LogP contribution in [0.25, 0.3) is 10.9 Å². The summed E-state index contributed by atoms with van der Waals surface area (Å²) in [6.07, 6.45) is 1.93. The molecule has 0 saturated carbocycles. The summed E-state index contributed by atoms with van der Waals surface area (Å²) in [4.78, 5) is 0. The van der Waals surface area contributed by atoms with Crippen molar-refractivity contribution >= 4 is 10.9 Å². The van der Waals surface area contributed by atoms with E-state index in [4.69, 9.17) is 0 Å². The number of rotatable bonds is 2. The second-order valence-corrected chi connectivity index (χ2v) is 3.26. The Bertz CT molecular complexity index is 417. The average molecular weight is 177 g/mol. The van der Waals surface area contributed by atoms with E-state index in [2.05, 4.69) is 18.2 Å². The van der Waals surface area contributed by atoms with Crippen molar-refractivity contribution in [2.45, 2.75) is 13.5 Å². The van der Waals surface area contributed by atoms with Gasteiger partial charge in [-0.3, -0.25) is 0 Å². The van der Waals surface area contributed by atoms with Gasteiger partial charge in [0.15, 0.2) is 0 Å². The predicted molar refractivity (Wildman–Crippen MR) is 52.7 cm³/mol. The Labute approximate surface area is 76.8 Å². The van der Waals surface area contributed by atoms with Gasteiger partial charge in [0.25, 0.3) is 0 Å². The number of nitrogens with zero attached hydrogens (tertiary/aromatic N) is 1. The predicted octanol–water partition coefficient (Wildman–Crippen LogP) is 2.92. The molecule has 2 aromatic rings. The van der Waals surface area contributed by atoms with Gasteiger partial charge >= 0.3 is 0 Å². The van der Waals surface area contributed by atoms with Crippen LogP contribution in [0.2, 0.25) is 0 Å². The summed E-state index contributed by atoms with van der Waals surface area (Å²) in [7, 11) is 0. The second-order valence-electron chi connectivity index (χ2n) is 3.26. The minimum absolute atomic E-state index is 0.308. The molecule has 0 radical (unpaired) electrons. The normalized spacial score (nSPS) is 10.9. The summed E-state index contributed by atoms with van der Waals surface area (Å²) >= 11 is 0. The molecule has 0 amide bonds. The maximum Gasteiger partial charge on any atom is 0.107 e. The number of aromatic nitrogens is 1. The lowest BCUT2D eigenvalue weighted by Gasteiger charge is -2.01. The van der Waals surface area contributed by atoms with Gasteiger partial charge in [-0.2, -0.15) is 0 Å². The van der Waals surface area contributed by atoms with Crippen LogP contribution in [-0.2, 0) is 6.54 Å². The minimum Gasteiger partial charge on any atom is -0.345 e. The zero-order chi connectivity index (χ0) is 9.26. The van der Waals surface area contributed by atoms with E-state index in [-0.39, 0.29) is 6.67 Å². The van der Waals surface area contributed by atoms with Crippen molar-refractivity contribution in [3.05, 3.63) is 36.0 Å². The third kappa shape index (κ3) is 1.44. The molecule has 1 aromatic heterocycles. The summed E-state index contributed by atoms with van der Waals surface area (Å²) in [6, 6.07) is 8.25. The van der Waals surface area contributed by atoms with Crippen LogP contribution in [0.4, 0.5) is 4.39 Å². The molecule has 2 heteroatoms. The number of halogens is 1. The van der Waals surface area contributed by atoms with Crippen LogP contribution in [0.5, 0.6) is 0 Å². The summed E-state index contributed by atoms with van der Waals surface area (Å²) in [5.74, 6) is 0. The number of hydrogen-bond donors (Lipinski definition) is 0. The van der Waals surface area contributed by atoms with E-state index in [1.165, 1.54) is 10.9 Å². The lowest BCUT2D eigenvalue weighted by atomic mass is 10.2. The Morgan fingerprint density at radius 2 is 2.15 bits per heavy atom. The number of aryl methyl sites for hydroxylation is 2. The molecule has 1 nitrogen and oxygen atoms in total. The molecular formula is C11H12FN. The minimum atomic E-state index is -0.308. The molecule has 0 fully saturated rings. The maximum atomic E-state index is 12.2. The highest BCUT2D eigenvalue weighted by molar-refractivity contribution is 5.80. The SMILES string of the molecule is Cc1ccc2ccn(CCF)c2c1. The number of benzene rings is 1. The summed E-state index contributed by atoms with van der Waals surface area (Å²) in [5.41, 5.74) is 2.34. The van der Waals surface area contributed by atoms with Gasteiger partial charge in [0, 0.05) is 11.7 Å². The molecule has 0 unspecified atom stereocenters. The topological polar surface area (TPSA) is 4.93 Å². The molecule has 68 valence electrons. The quantitative estimate of drug-likeness (QED) is 0.664. The Kier molecular flexibility index (Phi) is 2.05. The lowest BCUT2D eigenvalue weighted by molar-refractivity contribution is 0.451. The highest BCUT2D eigenvalue weighted by atomic mass is 19.1. The zero-order valence-corrected chi connectivity index (χ0v) is 7.63. The van der Waals surface area contributed by atoms with Crippen LogP contribution in [0, 0.1) is 6.92 Å². The highest BCUT2D eigenvalue weighted by Gasteiger charge is 1.99. The third-order valence-electron chi connectivity index (χ3n) is 2.25. The van der Waals surface area contributed by atoms with Crippen molar-refractivity contribution in [3.63, 3.8) is 0 Å². The molecule has 1 heterocycles. The molecule has 0 N–H and O–H groups in total. The Morgan fingerprint density at radius 3 is 2.92 bits per heavy atom. The monoisotopic (exact) mass is 177 g/mol. The van der Waals surface area contributed by atoms with Crippen LogP contribution in [0.1, 0.15) is 5.56 Å². The van der Waals surface area contributed by atoms with Gasteiger partial charge in [0.1, 0.15) is 6.67 Å². The maximum absolute atomic E-state index is 12.2. The van der Waals surface area contributed by atoms with Crippen molar-refractivity contribution in [2.24, 2.45) is 0 Å². The van der Waals surface area contributed by atoms with Crippen molar-refractivity contribution in [1.82, 2.24) is 4.57 Å². The van der Waals surface area contributed by atoms with Crippen LogP contribution >= 0.6 is 0 Å². The number of alkyl halides is 1. The van der Waals surface area contributed by atoms with Crippen molar-refractivity contribution in [1.29, 1.82) is 0 Å². The van der Waals surface area contributed by atoms with E-state index in [0.717, 1.165) is 5.52 Å². The molecule has 0 aliphatic rings. The molecule has 1 aromatic carbocycles. The standard InChI is InChI=1S/C11H12FN/c1-9-2-3-10-4-6-13(7-5-12)11(10)8-9/h2-4,6,8H,5,7H2,1H3. The van der Waals surface area contributed by atoms with Gasteiger partial charge < -0.3 is 4.57 Å². The fraction of sp³-hybridized carbons (Fsp3) is 0.273. The molecule has 0 saturated heterocycles. The van der Waals surface area contributed by atoms with Crippen molar-refractivity contribution in [2.75, 3.05) is 6.67 Å². The van der Waals surface area contributed by atoms with Crippen LogP contribution in [0.3, 0.4) is 0 Å². The van der Waals surface area contributed by atoms with Gasteiger partial charge in [-0.05, 0) is 30.0 Å². The fourth-order valence-electron chi connectivity index (χ4n) is 1.58. The highest BCUT2D eigenvalue weighted by Crippen LogP contribution is 2.17. The third-order valence-corrected chi connectivity index (χ3v) is 2.25. The first-order chi connectivity index (χ1) is 6.31. The molecule has 13 heavy (non-hydrogen) atoms. The molecule has 2 rings (SSSR count). The lowest BCUT2D eigenvalue weighted by Crippen LogP contribution is -1.96. The molecule has 0 spiro atoms. The number of fused-ring (bicyclic) bond motifs is 1. The van der Waals surface area contributed by atoms with Gasteiger partial charge in [0.05, 0.1) is 6.54 Å². The van der Waals surface area contributed by atoms with Crippen LogP contribution in [-0.4, -0.2) is 11.2 Å². The van der Waals surface area contributed by atoms with Crippen LogP contribution < -0.4 is 0 Å². The molecule has 0 aliphatic heterocycles. The van der Waals surface area contributed by atoms with Crippen molar-refractivity contribution in [3.8, 4) is 0 Å². The molecule has 0 atom stereocenters. The summed E-state index contributed by atoms with van der Waals surface area (Å²) < 4.78 is 14.1. The first kappa shape index (κ1) is 8.30. The Hall–Kier alpha value is -1.31. The molecule has 0 bridgehead atoms. The van der Waals surface area contributed by atoms with Crippen LogP contribution in [0.15, 0.2) is 30.5 Å². The van der Waals surface area contributed by atoms with Gasteiger partial charge in [0.2, 0.25) is 0 Å². The van der Waals surface area contributed by atoms with E-state index in [0.29, 0.717) is 6.54 Å². The smallest absolute Gasteiger partial charge is 0.107 e. The van der Waals surface area contributed by atoms with E-state index in [1.54, 1.807) is 0 Å². The van der Waals surface area contributed by atoms with Gasteiger partial charge in [-0.15, -0.1) is 0 Å². The second kappa shape index (κ2) is 3.21. The number of hydrogen-bond acceptors (Lipinski definition) is 0. The van der Waals surface area contributed by atoms with Gasteiger partial charge in [-0.1, -0.05) is 12.1 Å². The average Bonchev–Trinajstić information content (AvgIpc) is 2.49. The van der Waals surface area contributed by atoms with E-state index >= 15 is 0 Å². The summed E-state index contributed by atoms with van der Waals surface area (Å²) in [5, 5.41) is 1.18. The molecular weight excluding hydrogens is 165 g/mol. The van der Waals surface area contributed by atoms with E-state index in [1.807, 2.05) is 23.8 Å². The van der Waals surface area contributed by atoms with E-state index < -0.39 is 0 Å². The summed E-state index contributed by atoms with van der Waals surface area (Å²) in [6.45, 7) is 2.19. The Morgan fingerprint density at radius 1 is 1.31 bits per heavy atom. The first-order valence-electron chi connectivity index (χ1n) is 4.43. The van der Waals surface area contributed by atoms with E-state index in [9.17, 15) is 4.39 Å². The van der Waals surface area contributed by atoms with Crippen molar-refractivity contribution < 1.29 is 4.39 Å². The first-order valence-corrected chi connectivity index (χ1v) is 4.43. The molecule has 0 aliphatic carbocycles. The largest absolute Gasteiger partial charge is 0.345 e. The Balaban J connectivity index is 2.58. The zero-order valence-electron chi connectivity index (χ0n) is 7.63. The fourth-order valence-corrected chi connectivity index (χ4v) is 1.58. The van der Waals surface area contributed by atoms with Gasteiger partial charge in [-0.25, -0.2) is 4.39 Å².